The number of rotatable bonds is 6. The number of aromatic nitrogens is 1. The van der Waals surface area contributed by atoms with Gasteiger partial charge in [-0.05, 0) is 57.2 Å². The van der Waals surface area contributed by atoms with Crippen LogP contribution in [0.4, 0.5) is 0 Å². The summed E-state index contributed by atoms with van der Waals surface area (Å²) in [5.41, 5.74) is 3.52. The maximum atomic E-state index is 6.04. The minimum atomic E-state index is 0.528. The SMILES string of the molecule is C\C=C/C(C)=C\C=C\c1nc(C)c(COc2ccc3c(c2)OCCC(C)C3)s1. The highest BCUT2D eigenvalue weighted by atomic mass is 32.1. The Labute approximate surface area is 172 Å². The first-order valence-electron chi connectivity index (χ1n) is 9.87. The molecule has 0 aliphatic carbocycles. The number of thiazole rings is 1. The zero-order valence-electron chi connectivity index (χ0n) is 17.2. The molecule has 1 aromatic heterocycles. The summed E-state index contributed by atoms with van der Waals surface area (Å²) in [6.07, 6.45) is 12.5. The lowest BCUT2D eigenvalue weighted by molar-refractivity contribution is 0.290. The molecular formula is C24H29NO2S. The van der Waals surface area contributed by atoms with Crippen LogP contribution in [0, 0.1) is 12.8 Å². The third-order valence-corrected chi connectivity index (χ3v) is 5.88. The predicted molar refractivity (Wildman–Crippen MR) is 118 cm³/mol. The fourth-order valence-corrected chi connectivity index (χ4v) is 4.07. The van der Waals surface area contributed by atoms with Crippen LogP contribution in [0.25, 0.3) is 6.08 Å². The zero-order chi connectivity index (χ0) is 19.9. The van der Waals surface area contributed by atoms with E-state index in [0.29, 0.717) is 12.5 Å². The molecule has 0 fully saturated rings. The molecule has 148 valence electrons. The van der Waals surface area contributed by atoms with Crippen molar-refractivity contribution >= 4 is 17.4 Å². The van der Waals surface area contributed by atoms with Crippen LogP contribution in [0.1, 0.15) is 48.3 Å². The normalized spacial score (nSPS) is 17.6. The lowest BCUT2D eigenvalue weighted by atomic mass is 9.99. The molecule has 1 aromatic carbocycles. The summed E-state index contributed by atoms with van der Waals surface area (Å²) in [6.45, 7) is 9.73. The molecule has 2 heterocycles. The Morgan fingerprint density at radius 2 is 2.25 bits per heavy atom. The highest BCUT2D eigenvalue weighted by Gasteiger charge is 2.15. The second-order valence-corrected chi connectivity index (χ2v) is 8.45. The molecule has 0 N–H and O–H groups in total. The van der Waals surface area contributed by atoms with E-state index in [1.54, 1.807) is 11.3 Å². The molecule has 4 heteroatoms. The second kappa shape index (κ2) is 9.74. The number of aryl methyl sites for hydroxylation is 1. The number of ether oxygens (including phenoxy) is 2. The van der Waals surface area contributed by atoms with Gasteiger partial charge in [-0.15, -0.1) is 11.3 Å². The third-order valence-electron chi connectivity index (χ3n) is 4.78. The predicted octanol–water partition coefficient (Wildman–Crippen LogP) is 6.53. The number of allylic oxidation sites excluding steroid dienone is 5. The van der Waals surface area contributed by atoms with Gasteiger partial charge in [0.2, 0.25) is 0 Å². The van der Waals surface area contributed by atoms with Gasteiger partial charge in [-0.3, -0.25) is 0 Å². The van der Waals surface area contributed by atoms with E-state index in [1.807, 2.05) is 44.2 Å². The minimum absolute atomic E-state index is 0.528. The van der Waals surface area contributed by atoms with Crippen LogP contribution in [0.15, 0.2) is 48.1 Å². The Morgan fingerprint density at radius 1 is 1.39 bits per heavy atom. The monoisotopic (exact) mass is 395 g/mol. The average Bonchev–Trinajstić information content (AvgIpc) is 2.89. The molecule has 1 aliphatic rings. The van der Waals surface area contributed by atoms with E-state index < -0.39 is 0 Å². The first kappa shape index (κ1) is 20.4. The molecule has 28 heavy (non-hydrogen) atoms. The molecule has 3 rings (SSSR count). The quantitative estimate of drug-likeness (QED) is 0.521. The smallest absolute Gasteiger partial charge is 0.126 e. The van der Waals surface area contributed by atoms with Gasteiger partial charge in [-0.2, -0.15) is 0 Å². The molecule has 1 atom stereocenters. The first-order valence-corrected chi connectivity index (χ1v) is 10.7. The van der Waals surface area contributed by atoms with E-state index in [0.717, 1.165) is 46.5 Å². The minimum Gasteiger partial charge on any atom is -0.493 e. The fraction of sp³-hybridized carbons (Fsp3) is 0.375. The molecule has 0 saturated heterocycles. The molecule has 0 radical (unpaired) electrons. The number of benzene rings is 1. The Morgan fingerprint density at radius 3 is 3.07 bits per heavy atom. The van der Waals surface area contributed by atoms with Gasteiger partial charge in [0, 0.05) is 6.07 Å². The average molecular weight is 396 g/mol. The Bertz CT molecular complexity index is 892. The summed E-state index contributed by atoms with van der Waals surface area (Å²) in [6, 6.07) is 6.21. The molecule has 0 amide bonds. The first-order chi connectivity index (χ1) is 13.5. The summed E-state index contributed by atoms with van der Waals surface area (Å²) in [5.74, 6) is 2.48. The summed E-state index contributed by atoms with van der Waals surface area (Å²) in [4.78, 5) is 5.79. The molecular weight excluding hydrogens is 366 g/mol. The van der Waals surface area contributed by atoms with Gasteiger partial charge in [0.05, 0.1) is 17.2 Å². The van der Waals surface area contributed by atoms with Crippen LogP contribution >= 0.6 is 11.3 Å². The zero-order valence-corrected chi connectivity index (χ0v) is 18.0. The lowest BCUT2D eigenvalue weighted by Gasteiger charge is -2.11. The van der Waals surface area contributed by atoms with Crippen molar-refractivity contribution in [2.75, 3.05) is 6.61 Å². The maximum absolute atomic E-state index is 6.04. The van der Waals surface area contributed by atoms with Crippen molar-refractivity contribution in [3.05, 3.63) is 69.2 Å². The summed E-state index contributed by atoms with van der Waals surface area (Å²) < 4.78 is 12.0. The van der Waals surface area contributed by atoms with Gasteiger partial charge in [-0.1, -0.05) is 42.9 Å². The lowest BCUT2D eigenvalue weighted by Crippen LogP contribution is -2.00. The van der Waals surface area contributed by atoms with Crippen LogP contribution in [0.5, 0.6) is 11.5 Å². The molecule has 2 aromatic rings. The summed E-state index contributed by atoms with van der Waals surface area (Å²) in [5, 5.41) is 1.000. The Kier molecular flexibility index (Phi) is 7.10. The van der Waals surface area contributed by atoms with Crippen molar-refractivity contribution in [1.82, 2.24) is 4.98 Å². The number of hydrogen-bond donors (Lipinski definition) is 0. The van der Waals surface area contributed by atoms with Crippen LogP contribution in [-0.4, -0.2) is 11.6 Å². The van der Waals surface area contributed by atoms with Crippen molar-refractivity contribution in [2.24, 2.45) is 5.92 Å². The van der Waals surface area contributed by atoms with Gasteiger partial charge in [0.1, 0.15) is 23.1 Å². The van der Waals surface area contributed by atoms with Crippen LogP contribution < -0.4 is 9.47 Å². The Balaban J connectivity index is 1.64. The molecule has 3 nitrogen and oxygen atoms in total. The van der Waals surface area contributed by atoms with Crippen molar-refractivity contribution in [1.29, 1.82) is 0 Å². The van der Waals surface area contributed by atoms with Crippen molar-refractivity contribution in [3.63, 3.8) is 0 Å². The molecule has 0 saturated carbocycles. The highest BCUT2D eigenvalue weighted by molar-refractivity contribution is 7.12. The van der Waals surface area contributed by atoms with E-state index in [-0.39, 0.29) is 0 Å². The van der Waals surface area contributed by atoms with E-state index >= 15 is 0 Å². The van der Waals surface area contributed by atoms with Crippen LogP contribution in [0.3, 0.4) is 0 Å². The maximum Gasteiger partial charge on any atom is 0.126 e. The third kappa shape index (κ3) is 5.59. The van der Waals surface area contributed by atoms with Gasteiger partial charge in [0.25, 0.3) is 0 Å². The van der Waals surface area contributed by atoms with Crippen LogP contribution in [-0.2, 0) is 13.0 Å². The summed E-state index contributed by atoms with van der Waals surface area (Å²) in [7, 11) is 0. The van der Waals surface area contributed by atoms with Crippen molar-refractivity contribution in [3.8, 4) is 11.5 Å². The molecule has 0 spiro atoms. The topological polar surface area (TPSA) is 31.4 Å². The van der Waals surface area contributed by atoms with Gasteiger partial charge in [-0.25, -0.2) is 4.98 Å². The second-order valence-electron chi connectivity index (χ2n) is 7.34. The molecule has 1 aliphatic heterocycles. The van der Waals surface area contributed by atoms with E-state index in [1.165, 1.54) is 11.1 Å². The molecule has 0 bridgehead atoms. The number of hydrogen-bond acceptors (Lipinski definition) is 4. The van der Waals surface area contributed by atoms with Crippen LogP contribution in [0.2, 0.25) is 0 Å². The number of fused-ring (bicyclic) bond motifs is 1. The van der Waals surface area contributed by atoms with Crippen molar-refractivity contribution < 1.29 is 9.47 Å². The van der Waals surface area contributed by atoms with Gasteiger partial charge < -0.3 is 9.47 Å². The van der Waals surface area contributed by atoms with Gasteiger partial charge in [0.15, 0.2) is 0 Å². The fourth-order valence-electron chi connectivity index (χ4n) is 3.18. The molecule has 1 unspecified atom stereocenters. The Hall–Kier alpha value is -2.33. The van der Waals surface area contributed by atoms with Gasteiger partial charge >= 0.3 is 0 Å². The number of nitrogens with zero attached hydrogens (tertiary/aromatic N) is 1. The standard InChI is InChI=1S/C24H29NO2S/c1-5-7-17(2)8-6-9-24-25-19(4)23(28-24)16-27-21-11-10-20-14-18(3)12-13-26-22(20)15-21/h5-11,15,18H,12-14,16H2,1-4H3/b7-5-,9-6+,17-8-. The highest BCUT2D eigenvalue weighted by Crippen LogP contribution is 2.31. The summed E-state index contributed by atoms with van der Waals surface area (Å²) >= 11 is 1.67. The van der Waals surface area contributed by atoms with E-state index in [2.05, 4.69) is 37.0 Å². The van der Waals surface area contributed by atoms with Crippen molar-refractivity contribution in [2.45, 2.75) is 47.1 Å². The van der Waals surface area contributed by atoms with E-state index in [9.17, 15) is 0 Å². The van der Waals surface area contributed by atoms with E-state index in [4.69, 9.17) is 9.47 Å². The largest absolute Gasteiger partial charge is 0.493 e.